The van der Waals surface area contributed by atoms with E-state index < -0.39 is 11.9 Å². The molecule has 2 aromatic carbocycles. The smallest absolute Gasteiger partial charge is 0.355 e. The monoisotopic (exact) mass is 526 g/mol. The van der Waals surface area contributed by atoms with Crippen molar-refractivity contribution < 1.29 is 38.4 Å². The van der Waals surface area contributed by atoms with E-state index in [0.717, 1.165) is 51.4 Å². The molecule has 0 heterocycles. The van der Waals surface area contributed by atoms with Crippen molar-refractivity contribution in [2.45, 2.75) is 90.9 Å². The number of rotatable bonds is 16. The molecule has 0 aliphatic carbocycles. The summed E-state index contributed by atoms with van der Waals surface area (Å²) >= 11 is 0. The van der Waals surface area contributed by atoms with E-state index in [1.54, 1.807) is 24.3 Å². The van der Waals surface area contributed by atoms with Gasteiger partial charge in [-0.3, -0.25) is 9.59 Å². The van der Waals surface area contributed by atoms with Gasteiger partial charge in [0.05, 0.1) is 12.8 Å². The van der Waals surface area contributed by atoms with E-state index in [9.17, 15) is 19.2 Å². The van der Waals surface area contributed by atoms with Gasteiger partial charge in [0.15, 0.2) is 0 Å². The molecular weight excluding hydrogens is 488 g/mol. The van der Waals surface area contributed by atoms with Crippen LogP contribution in [-0.2, 0) is 41.8 Å². The molecule has 38 heavy (non-hydrogen) atoms. The number of ether oxygens (including phenoxy) is 2. The van der Waals surface area contributed by atoms with Gasteiger partial charge in [-0.1, -0.05) is 49.9 Å². The van der Waals surface area contributed by atoms with E-state index >= 15 is 0 Å². The first-order valence-electron chi connectivity index (χ1n) is 13.3. The van der Waals surface area contributed by atoms with Crippen LogP contribution in [0.25, 0.3) is 0 Å². The van der Waals surface area contributed by atoms with Gasteiger partial charge in [-0.25, -0.2) is 19.4 Å². The van der Waals surface area contributed by atoms with E-state index in [-0.39, 0.29) is 24.8 Å². The van der Waals surface area contributed by atoms with Crippen LogP contribution in [0.5, 0.6) is 11.5 Å². The standard InChI is InChI=1S/C30H38O8/c1-23(31)35-27-19-15-25(16-20-27)11-7-3-5-9-13-29(33)37-38-30(34)14-10-6-4-8-12-26-17-21-28(22-18-26)36-24(2)32/h15-22H,3-14H2,1-2H3. The average molecular weight is 527 g/mol. The third-order valence-electron chi connectivity index (χ3n) is 5.79. The summed E-state index contributed by atoms with van der Waals surface area (Å²) in [6, 6.07) is 14.9. The van der Waals surface area contributed by atoms with Crippen molar-refractivity contribution >= 4 is 23.9 Å². The number of aryl methyl sites for hydroxylation is 2. The second-order valence-electron chi connectivity index (χ2n) is 9.21. The maximum atomic E-state index is 11.8. The molecule has 0 atom stereocenters. The van der Waals surface area contributed by atoms with Crippen molar-refractivity contribution in [1.29, 1.82) is 0 Å². The molecule has 0 unspecified atom stereocenters. The van der Waals surface area contributed by atoms with E-state index in [1.807, 2.05) is 24.3 Å². The van der Waals surface area contributed by atoms with Crippen LogP contribution in [0.2, 0.25) is 0 Å². The minimum Gasteiger partial charge on any atom is -0.427 e. The third kappa shape index (κ3) is 14.2. The van der Waals surface area contributed by atoms with Crippen LogP contribution in [0.1, 0.15) is 89.2 Å². The second-order valence-corrected chi connectivity index (χ2v) is 9.21. The summed E-state index contributed by atoms with van der Waals surface area (Å²) in [7, 11) is 0. The molecule has 0 aliphatic rings. The minimum absolute atomic E-state index is 0.215. The van der Waals surface area contributed by atoms with Gasteiger partial charge in [0, 0.05) is 13.8 Å². The number of benzene rings is 2. The van der Waals surface area contributed by atoms with Crippen molar-refractivity contribution in [3.63, 3.8) is 0 Å². The Hall–Kier alpha value is -3.68. The molecule has 8 nitrogen and oxygen atoms in total. The first-order valence-corrected chi connectivity index (χ1v) is 13.3. The third-order valence-corrected chi connectivity index (χ3v) is 5.79. The summed E-state index contributed by atoms with van der Waals surface area (Å²) < 4.78 is 10.0. The SMILES string of the molecule is CC(=O)Oc1ccc(CCCCCCC(=O)OOC(=O)CCCCCCc2ccc(OC(C)=O)cc2)cc1. The van der Waals surface area contributed by atoms with Gasteiger partial charge in [-0.15, -0.1) is 0 Å². The molecule has 0 saturated heterocycles. The largest absolute Gasteiger partial charge is 0.427 e. The number of esters is 2. The van der Waals surface area contributed by atoms with Crippen LogP contribution < -0.4 is 9.47 Å². The van der Waals surface area contributed by atoms with Crippen molar-refractivity contribution in [2.75, 3.05) is 0 Å². The molecular formula is C30H38O8. The lowest BCUT2D eigenvalue weighted by Crippen LogP contribution is -2.11. The Morgan fingerprint density at radius 1 is 0.500 bits per heavy atom. The zero-order chi connectivity index (χ0) is 27.6. The Kier molecular flexibility index (Phi) is 14.2. The quantitative estimate of drug-likeness (QED) is 0.0834. The highest BCUT2D eigenvalue weighted by Gasteiger charge is 2.10. The number of carbonyl (C=O) groups excluding carboxylic acids is 4. The van der Waals surface area contributed by atoms with Crippen LogP contribution in [0.4, 0.5) is 0 Å². The Labute approximate surface area is 224 Å². The number of carbonyl (C=O) groups is 4. The molecule has 0 spiro atoms. The fourth-order valence-corrected chi connectivity index (χ4v) is 3.86. The molecule has 0 aliphatic heterocycles. The molecule has 0 amide bonds. The van der Waals surface area contributed by atoms with Crippen LogP contribution in [0, 0.1) is 0 Å². The predicted octanol–water partition coefficient (Wildman–Crippen LogP) is 6.22. The summed E-state index contributed by atoms with van der Waals surface area (Å²) in [6.07, 6.45) is 9.27. The topological polar surface area (TPSA) is 105 Å². The first-order chi connectivity index (χ1) is 18.3. The summed E-state index contributed by atoms with van der Waals surface area (Å²) in [5.41, 5.74) is 2.33. The minimum atomic E-state index is -0.529. The molecule has 206 valence electrons. The van der Waals surface area contributed by atoms with Gasteiger partial charge in [0.2, 0.25) is 0 Å². The fraction of sp³-hybridized carbons (Fsp3) is 0.467. The van der Waals surface area contributed by atoms with Gasteiger partial charge < -0.3 is 9.47 Å². The summed E-state index contributed by atoms with van der Waals surface area (Å²) in [5, 5.41) is 0. The Morgan fingerprint density at radius 2 is 0.842 bits per heavy atom. The molecule has 0 bridgehead atoms. The molecule has 0 fully saturated rings. The maximum absolute atomic E-state index is 11.8. The maximum Gasteiger partial charge on any atom is 0.355 e. The fourth-order valence-electron chi connectivity index (χ4n) is 3.86. The molecule has 2 aromatic rings. The Bertz CT molecular complexity index is 928. The van der Waals surface area contributed by atoms with Gasteiger partial charge in [0.1, 0.15) is 11.5 Å². The molecule has 8 heteroatoms. The van der Waals surface area contributed by atoms with E-state index in [4.69, 9.17) is 9.47 Å². The summed E-state index contributed by atoms with van der Waals surface area (Å²) in [5.74, 6) is -0.650. The van der Waals surface area contributed by atoms with Crippen LogP contribution in [-0.4, -0.2) is 23.9 Å². The Balaban J connectivity index is 1.42. The van der Waals surface area contributed by atoms with Gasteiger partial charge in [-0.05, 0) is 73.9 Å². The van der Waals surface area contributed by atoms with Crippen LogP contribution in [0.3, 0.4) is 0 Å². The van der Waals surface area contributed by atoms with Crippen molar-refractivity contribution in [3.05, 3.63) is 59.7 Å². The molecule has 0 radical (unpaired) electrons. The van der Waals surface area contributed by atoms with Gasteiger partial charge in [0.25, 0.3) is 0 Å². The highest BCUT2D eigenvalue weighted by molar-refractivity contribution is 5.72. The van der Waals surface area contributed by atoms with E-state index in [2.05, 4.69) is 9.78 Å². The molecule has 0 saturated carbocycles. The summed E-state index contributed by atoms with van der Waals surface area (Å²) in [6.45, 7) is 2.74. The molecule has 2 rings (SSSR count). The lowest BCUT2D eigenvalue weighted by atomic mass is 10.1. The normalized spacial score (nSPS) is 10.5. The van der Waals surface area contributed by atoms with Crippen LogP contribution >= 0.6 is 0 Å². The van der Waals surface area contributed by atoms with Crippen LogP contribution in [0.15, 0.2) is 48.5 Å². The van der Waals surface area contributed by atoms with Crippen molar-refractivity contribution in [3.8, 4) is 11.5 Å². The lowest BCUT2D eigenvalue weighted by Gasteiger charge is -2.05. The number of hydrogen-bond acceptors (Lipinski definition) is 8. The van der Waals surface area contributed by atoms with Gasteiger partial charge >= 0.3 is 23.9 Å². The molecule has 0 aromatic heterocycles. The average Bonchev–Trinajstić information content (AvgIpc) is 2.88. The Morgan fingerprint density at radius 3 is 1.18 bits per heavy atom. The highest BCUT2D eigenvalue weighted by atomic mass is 17.2. The number of unbranched alkanes of at least 4 members (excludes halogenated alkanes) is 6. The zero-order valence-corrected chi connectivity index (χ0v) is 22.4. The molecule has 0 N–H and O–H groups in total. The van der Waals surface area contributed by atoms with Gasteiger partial charge in [-0.2, -0.15) is 0 Å². The second kappa shape index (κ2) is 17.7. The zero-order valence-electron chi connectivity index (χ0n) is 22.4. The lowest BCUT2D eigenvalue weighted by molar-refractivity contribution is -0.259. The predicted molar refractivity (Wildman–Crippen MR) is 141 cm³/mol. The van der Waals surface area contributed by atoms with E-state index in [1.165, 1.54) is 25.0 Å². The highest BCUT2D eigenvalue weighted by Crippen LogP contribution is 2.16. The van der Waals surface area contributed by atoms with Crippen molar-refractivity contribution in [2.24, 2.45) is 0 Å². The number of hydrogen-bond donors (Lipinski definition) is 0. The first kappa shape index (κ1) is 30.5. The van der Waals surface area contributed by atoms with Crippen molar-refractivity contribution in [1.82, 2.24) is 0 Å². The summed E-state index contributed by atoms with van der Waals surface area (Å²) in [4.78, 5) is 54.7. The van der Waals surface area contributed by atoms with E-state index in [0.29, 0.717) is 24.3 Å².